The number of hydrogen-bond donors (Lipinski definition) is 1. The van der Waals surface area contributed by atoms with Gasteiger partial charge in [0.25, 0.3) is 0 Å². The van der Waals surface area contributed by atoms with Crippen LogP contribution in [0.25, 0.3) is 5.82 Å². The van der Waals surface area contributed by atoms with Crippen LogP contribution >= 0.6 is 0 Å². The van der Waals surface area contributed by atoms with Gasteiger partial charge in [-0.05, 0) is 57.5 Å². The van der Waals surface area contributed by atoms with Crippen molar-refractivity contribution in [1.29, 1.82) is 0 Å². The molecule has 9 heteroatoms. The molecule has 0 unspecified atom stereocenters. The fourth-order valence-electron chi connectivity index (χ4n) is 3.90. The number of benzene rings is 1. The summed E-state index contributed by atoms with van der Waals surface area (Å²) in [5.41, 5.74) is 3.73. The van der Waals surface area contributed by atoms with Gasteiger partial charge in [0.15, 0.2) is 5.82 Å². The van der Waals surface area contributed by atoms with Gasteiger partial charge < -0.3 is 19.9 Å². The van der Waals surface area contributed by atoms with Gasteiger partial charge in [-0.25, -0.2) is 19.4 Å². The van der Waals surface area contributed by atoms with Crippen LogP contribution in [-0.2, 0) is 0 Å². The molecule has 2 aromatic heterocycles. The molecule has 1 saturated heterocycles. The molecule has 0 aliphatic carbocycles. The summed E-state index contributed by atoms with van der Waals surface area (Å²) in [6, 6.07) is 9.51. The summed E-state index contributed by atoms with van der Waals surface area (Å²) in [4.78, 5) is 26.0. The van der Waals surface area contributed by atoms with Crippen LogP contribution in [0.1, 0.15) is 22.8 Å². The lowest BCUT2D eigenvalue weighted by atomic mass is 10.2. The molecule has 1 aromatic carbocycles. The van der Waals surface area contributed by atoms with Crippen LogP contribution in [0.4, 0.5) is 16.3 Å². The van der Waals surface area contributed by atoms with E-state index in [1.165, 1.54) is 0 Å². The van der Waals surface area contributed by atoms with Crippen LogP contribution in [-0.4, -0.2) is 64.0 Å². The zero-order valence-electron chi connectivity index (χ0n) is 19.2. The molecule has 0 radical (unpaired) electrons. The van der Waals surface area contributed by atoms with Gasteiger partial charge in [0.2, 0.25) is 0 Å². The van der Waals surface area contributed by atoms with E-state index < -0.39 is 0 Å². The molecular weight excluding hydrogens is 406 g/mol. The number of anilines is 2. The van der Waals surface area contributed by atoms with E-state index in [0.29, 0.717) is 32.0 Å². The van der Waals surface area contributed by atoms with E-state index in [1.807, 2.05) is 67.6 Å². The van der Waals surface area contributed by atoms with E-state index in [9.17, 15) is 4.79 Å². The van der Waals surface area contributed by atoms with Crippen LogP contribution in [0.2, 0.25) is 0 Å². The van der Waals surface area contributed by atoms with Gasteiger partial charge in [-0.15, -0.1) is 0 Å². The molecule has 168 valence electrons. The molecule has 1 N–H and O–H groups in total. The van der Waals surface area contributed by atoms with E-state index in [4.69, 9.17) is 4.74 Å². The Bertz CT molecular complexity index is 1130. The Morgan fingerprint density at radius 1 is 0.969 bits per heavy atom. The van der Waals surface area contributed by atoms with Gasteiger partial charge in [-0.2, -0.15) is 5.10 Å². The first-order valence-electron chi connectivity index (χ1n) is 10.7. The summed E-state index contributed by atoms with van der Waals surface area (Å²) < 4.78 is 7.08. The van der Waals surface area contributed by atoms with Gasteiger partial charge in [-0.1, -0.05) is 0 Å². The zero-order chi connectivity index (χ0) is 22.8. The average molecular weight is 436 g/mol. The lowest BCUT2D eigenvalue weighted by Crippen LogP contribution is -2.50. The second-order valence-electron chi connectivity index (χ2n) is 8.06. The van der Waals surface area contributed by atoms with E-state index >= 15 is 0 Å². The highest BCUT2D eigenvalue weighted by Crippen LogP contribution is 2.22. The number of carbonyl (C=O) groups excluding carboxylic acids is 1. The average Bonchev–Trinajstić information content (AvgIpc) is 3.12. The van der Waals surface area contributed by atoms with Crippen LogP contribution < -0.4 is 15.0 Å². The van der Waals surface area contributed by atoms with E-state index in [-0.39, 0.29) is 6.03 Å². The first kappa shape index (κ1) is 21.6. The molecule has 1 aliphatic rings. The number of ether oxygens (including phenoxy) is 1. The van der Waals surface area contributed by atoms with E-state index in [2.05, 4.69) is 25.3 Å². The van der Waals surface area contributed by atoms with Crippen molar-refractivity contribution in [3.63, 3.8) is 0 Å². The number of piperazine rings is 1. The number of amides is 2. The summed E-state index contributed by atoms with van der Waals surface area (Å²) in [5.74, 6) is 3.08. The fraction of sp³-hybridized carbons (Fsp3) is 0.391. The van der Waals surface area contributed by atoms with Crippen molar-refractivity contribution in [2.24, 2.45) is 0 Å². The summed E-state index contributed by atoms with van der Waals surface area (Å²) in [5, 5.41) is 7.55. The smallest absolute Gasteiger partial charge is 0.321 e. The molecular formula is C23H29N7O2. The number of methoxy groups -OCH3 is 1. The molecule has 0 saturated carbocycles. The van der Waals surface area contributed by atoms with Gasteiger partial charge in [0, 0.05) is 43.6 Å². The minimum absolute atomic E-state index is 0.0971. The standard InChI is InChI=1S/C23H29N7O2/c1-15-12-19(32-5)6-7-20(15)26-23(31)29-10-8-28(9-11-29)21-14-22(25-18(4)24-21)30-17(3)13-16(2)27-30/h6-7,12-14H,8-11H2,1-5H3,(H,26,31). The molecule has 3 aromatic rings. The SMILES string of the molecule is COc1ccc(NC(=O)N2CCN(c3cc(-n4nc(C)cc4C)nc(C)n3)CC2)c(C)c1. The molecule has 1 fully saturated rings. The maximum atomic E-state index is 12.8. The molecule has 2 amide bonds. The summed E-state index contributed by atoms with van der Waals surface area (Å²) >= 11 is 0. The molecule has 4 rings (SSSR count). The monoisotopic (exact) mass is 435 g/mol. The van der Waals surface area contributed by atoms with Crippen LogP contribution in [0.15, 0.2) is 30.3 Å². The van der Waals surface area contributed by atoms with Gasteiger partial charge in [0.1, 0.15) is 17.4 Å². The number of hydrogen-bond acceptors (Lipinski definition) is 6. The minimum atomic E-state index is -0.0971. The number of aryl methyl sites for hydroxylation is 4. The Hall–Kier alpha value is -3.62. The third kappa shape index (κ3) is 4.51. The van der Waals surface area contributed by atoms with Crippen molar-refractivity contribution in [1.82, 2.24) is 24.6 Å². The molecule has 0 bridgehead atoms. The van der Waals surface area contributed by atoms with Crippen LogP contribution in [0, 0.1) is 27.7 Å². The summed E-state index contributed by atoms with van der Waals surface area (Å²) in [6.45, 7) is 10.4. The van der Waals surface area contributed by atoms with E-state index in [1.54, 1.807) is 7.11 Å². The molecule has 0 spiro atoms. The fourth-order valence-corrected chi connectivity index (χ4v) is 3.90. The second-order valence-corrected chi connectivity index (χ2v) is 8.06. The first-order chi connectivity index (χ1) is 15.3. The highest BCUT2D eigenvalue weighted by Gasteiger charge is 2.23. The van der Waals surface area contributed by atoms with Crippen molar-refractivity contribution in [2.45, 2.75) is 27.7 Å². The third-order valence-corrected chi connectivity index (χ3v) is 5.60. The highest BCUT2D eigenvalue weighted by molar-refractivity contribution is 5.90. The lowest BCUT2D eigenvalue weighted by Gasteiger charge is -2.35. The largest absolute Gasteiger partial charge is 0.497 e. The Kier molecular flexibility index (Phi) is 5.98. The molecule has 0 atom stereocenters. The van der Waals surface area contributed by atoms with Crippen molar-refractivity contribution in [3.05, 3.63) is 53.1 Å². The minimum Gasteiger partial charge on any atom is -0.497 e. The zero-order valence-corrected chi connectivity index (χ0v) is 19.2. The Balaban J connectivity index is 1.42. The number of carbonyl (C=O) groups is 1. The predicted octanol–water partition coefficient (Wildman–Crippen LogP) is 3.26. The van der Waals surface area contributed by atoms with Crippen LogP contribution in [0.5, 0.6) is 5.75 Å². The number of urea groups is 1. The highest BCUT2D eigenvalue weighted by atomic mass is 16.5. The maximum Gasteiger partial charge on any atom is 0.321 e. The molecule has 1 aliphatic heterocycles. The lowest BCUT2D eigenvalue weighted by molar-refractivity contribution is 0.208. The van der Waals surface area contributed by atoms with Crippen molar-refractivity contribution >= 4 is 17.5 Å². The predicted molar refractivity (Wildman–Crippen MR) is 124 cm³/mol. The van der Waals surface area contributed by atoms with Gasteiger partial charge in [-0.3, -0.25) is 0 Å². The topological polar surface area (TPSA) is 88.4 Å². The van der Waals surface area contributed by atoms with E-state index in [0.717, 1.165) is 40.0 Å². The second kappa shape index (κ2) is 8.86. The maximum absolute atomic E-state index is 12.8. The molecule has 32 heavy (non-hydrogen) atoms. The Morgan fingerprint density at radius 3 is 2.31 bits per heavy atom. The number of nitrogens with zero attached hydrogens (tertiary/aromatic N) is 6. The normalized spacial score (nSPS) is 13.9. The van der Waals surface area contributed by atoms with Gasteiger partial charge >= 0.3 is 6.03 Å². The Labute approximate surface area is 188 Å². The van der Waals surface area contributed by atoms with Crippen molar-refractivity contribution in [2.75, 3.05) is 43.5 Å². The summed E-state index contributed by atoms with van der Waals surface area (Å²) in [6.07, 6.45) is 0. The van der Waals surface area contributed by atoms with Gasteiger partial charge in [0.05, 0.1) is 12.8 Å². The van der Waals surface area contributed by atoms with Crippen molar-refractivity contribution in [3.8, 4) is 11.6 Å². The quantitative estimate of drug-likeness (QED) is 0.677. The Morgan fingerprint density at radius 2 is 1.69 bits per heavy atom. The number of rotatable bonds is 4. The van der Waals surface area contributed by atoms with Crippen LogP contribution in [0.3, 0.4) is 0 Å². The summed E-state index contributed by atoms with van der Waals surface area (Å²) in [7, 11) is 1.63. The molecule has 9 nitrogen and oxygen atoms in total. The van der Waals surface area contributed by atoms with Crippen molar-refractivity contribution < 1.29 is 9.53 Å². The third-order valence-electron chi connectivity index (χ3n) is 5.60. The number of nitrogens with one attached hydrogen (secondary N) is 1. The number of aromatic nitrogens is 4. The molecule has 3 heterocycles. The first-order valence-corrected chi connectivity index (χ1v) is 10.7.